The zero-order valence-corrected chi connectivity index (χ0v) is 13.0. The number of rotatable bonds is 6. The van der Waals surface area contributed by atoms with E-state index in [0.29, 0.717) is 5.92 Å². The molecule has 108 valence electrons. The van der Waals surface area contributed by atoms with Gasteiger partial charge < -0.3 is 4.74 Å². The summed E-state index contributed by atoms with van der Waals surface area (Å²) in [5, 5.41) is 0. The summed E-state index contributed by atoms with van der Waals surface area (Å²) in [6.45, 7) is 13.2. The Morgan fingerprint density at radius 3 is 2.11 bits per heavy atom. The summed E-state index contributed by atoms with van der Waals surface area (Å²) in [6, 6.07) is 8.30. The van der Waals surface area contributed by atoms with Crippen LogP contribution in [-0.4, -0.2) is 12.2 Å². The van der Waals surface area contributed by atoms with Gasteiger partial charge in [0.1, 0.15) is 5.75 Å². The number of hydrogen-bond acceptors (Lipinski definition) is 3. The van der Waals surface area contributed by atoms with Crippen LogP contribution in [0.4, 0.5) is 0 Å². The summed E-state index contributed by atoms with van der Waals surface area (Å²) in [6.07, 6.45) is 0. The predicted molar refractivity (Wildman–Crippen MR) is 79.2 cm³/mol. The average molecular weight is 265 g/mol. The molecule has 3 heteroatoms. The highest BCUT2D eigenvalue weighted by atomic mass is 16.7. The van der Waals surface area contributed by atoms with Gasteiger partial charge in [0.2, 0.25) is 0 Å². The number of ether oxygens (including phenoxy) is 1. The van der Waals surface area contributed by atoms with E-state index in [1.807, 2.05) is 32.9 Å². The Balaban J connectivity index is 2.51. The molecule has 1 rings (SSSR count). The maximum atomic E-state index is 5.66. The van der Waals surface area contributed by atoms with E-state index >= 15 is 0 Å². The van der Waals surface area contributed by atoms with Crippen LogP contribution >= 0.6 is 0 Å². The molecule has 3 nitrogen and oxygen atoms in total. The lowest BCUT2D eigenvalue weighted by molar-refractivity contribution is -0.0866. The van der Waals surface area contributed by atoms with Crippen molar-refractivity contribution in [2.75, 3.05) is 6.61 Å². The molecule has 0 aliphatic rings. The number of hydroxylamine groups is 1. The smallest absolute Gasteiger partial charge is 0.119 e. The molecule has 19 heavy (non-hydrogen) atoms. The van der Waals surface area contributed by atoms with Gasteiger partial charge in [-0.2, -0.15) is 5.48 Å². The van der Waals surface area contributed by atoms with Crippen LogP contribution in [0.2, 0.25) is 0 Å². The van der Waals surface area contributed by atoms with Crippen LogP contribution in [0.3, 0.4) is 0 Å². The second-order valence-corrected chi connectivity index (χ2v) is 6.33. The van der Waals surface area contributed by atoms with Gasteiger partial charge in [-0.05, 0) is 51.3 Å². The third-order valence-electron chi connectivity index (χ3n) is 2.51. The van der Waals surface area contributed by atoms with Crippen LogP contribution in [0, 0.1) is 5.92 Å². The van der Waals surface area contributed by atoms with Crippen LogP contribution in [0.25, 0.3) is 0 Å². The van der Waals surface area contributed by atoms with Crippen molar-refractivity contribution in [3.8, 4) is 5.75 Å². The minimum Gasteiger partial charge on any atom is -0.493 e. The van der Waals surface area contributed by atoms with Crippen molar-refractivity contribution in [3.63, 3.8) is 0 Å². The molecule has 0 fully saturated rings. The lowest BCUT2D eigenvalue weighted by Crippen LogP contribution is -2.30. The first-order valence-corrected chi connectivity index (χ1v) is 6.94. The molecule has 1 atom stereocenters. The lowest BCUT2D eigenvalue weighted by Gasteiger charge is -2.23. The summed E-state index contributed by atoms with van der Waals surface area (Å²) in [4.78, 5) is 5.57. The number of nitrogens with one attached hydrogen (secondary N) is 1. The minimum atomic E-state index is -0.186. The second-order valence-electron chi connectivity index (χ2n) is 6.33. The predicted octanol–water partition coefficient (Wildman–Crippen LogP) is 4.10. The summed E-state index contributed by atoms with van der Waals surface area (Å²) in [5.74, 6) is 1.46. The first kappa shape index (κ1) is 16.0. The summed E-state index contributed by atoms with van der Waals surface area (Å²) in [7, 11) is 0. The maximum absolute atomic E-state index is 5.66. The summed E-state index contributed by atoms with van der Waals surface area (Å²) < 4.78 is 5.66. The van der Waals surface area contributed by atoms with Crippen molar-refractivity contribution in [2.45, 2.75) is 53.2 Å². The molecule has 0 aliphatic carbocycles. The second kappa shape index (κ2) is 6.92. The molecule has 1 unspecified atom stereocenters. The molecule has 0 spiro atoms. The highest BCUT2D eigenvalue weighted by Crippen LogP contribution is 2.19. The zero-order chi connectivity index (χ0) is 14.5. The van der Waals surface area contributed by atoms with E-state index in [9.17, 15) is 0 Å². The Morgan fingerprint density at radius 1 is 1.05 bits per heavy atom. The summed E-state index contributed by atoms with van der Waals surface area (Å²) >= 11 is 0. The van der Waals surface area contributed by atoms with Gasteiger partial charge in [0, 0.05) is 0 Å². The van der Waals surface area contributed by atoms with Gasteiger partial charge >= 0.3 is 0 Å². The van der Waals surface area contributed by atoms with Crippen LogP contribution in [0.1, 0.15) is 53.1 Å². The van der Waals surface area contributed by atoms with E-state index < -0.39 is 0 Å². The molecule has 1 aromatic rings. The SMILES string of the molecule is CC(C)COc1ccc(C(C)NOC(C)(C)C)cc1. The monoisotopic (exact) mass is 265 g/mol. The molecule has 0 aromatic heterocycles. The van der Waals surface area contributed by atoms with Gasteiger partial charge in [-0.25, -0.2) is 0 Å². The Labute approximate surface area is 117 Å². The van der Waals surface area contributed by atoms with Gasteiger partial charge in [0.05, 0.1) is 18.2 Å². The summed E-state index contributed by atoms with van der Waals surface area (Å²) in [5.41, 5.74) is 4.06. The normalized spacial score (nSPS) is 13.6. The first-order valence-electron chi connectivity index (χ1n) is 6.94. The van der Waals surface area contributed by atoms with Crippen LogP contribution < -0.4 is 10.2 Å². The molecule has 1 N–H and O–H groups in total. The molecule has 0 heterocycles. The van der Waals surface area contributed by atoms with Crippen molar-refractivity contribution < 1.29 is 9.57 Å². The number of benzene rings is 1. The van der Waals surface area contributed by atoms with Gasteiger partial charge in [-0.15, -0.1) is 0 Å². The van der Waals surface area contributed by atoms with Crippen LogP contribution in [0.5, 0.6) is 5.75 Å². The fourth-order valence-electron chi connectivity index (χ4n) is 1.45. The van der Waals surface area contributed by atoms with Crippen molar-refractivity contribution in [2.24, 2.45) is 5.92 Å². The lowest BCUT2D eigenvalue weighted by atomic mass is 10.1. The fraction of sp³-hybridized carbons (Fsp3) is 0.625. The number of hydrogen-bond donors (Lipinski definition) is 1. The Bertz CT molecular complexity index is 365. The third kappa shape index (κ3) is 6.60. The molecule has 0 saturated heterocycles. The topological polar surface area (TPSA) is 30.5 Å². The molecular formula is C16H27NO2. The van der Waals surface area contributed by atoms with E-state index in [1.165, 1.54) is 5.56 Å². The van der Waals surface area contributed by atoms with E-state index in [0.717, 1.165) is 12.4 Å². The third-order valence-corrected chi connectivity index (χ3v) is 2.51. The van der Waals surface area contributed by atoms with Crippen molar-refractivity contribution in [1.82, 2.24) is 5.48 Å². The van der Waals surface area contributed by atoms with Gasteiger partial charge in [0.15, 0.2) is 0 Å². The zero-order valence-electron chi connectivity index (χ0n) is 13.0. The molecule has 0 amide bonds. The Hall–Kier alpha value is -1.06. The van der Waals surface area contributed by atoms with Gasteiger partial charge in [-0.1, -0.05) is 26.0 Å². The standard InChI is InChI=1S/C16H27NO2/c1-12(2)11-18-15-9-7-14(8-10-15)13(3)17-19-16(4,5)6/h7-10,12-13,17H,11H2,1-6H3. The van der Waals surface area contributed by atoms with Gasteiger partial charge in [0.25, 0.3) is 0 Å². The van der Waals surface area contributed by atoms with E-state index in [4.69, 9.17) is 9.57 Å². The van der Waals surface area contributed by atoms with Crippen molar-refractivity contribution in [1.29, 1.82) is 0 Å². The molecule has 0 aliphatic heterocycles. The fourth-order valence-corrected chi connectivity index (χ4v) is 1.45. The van der Waals surface area contributed by atoms with Gasteiger partial charge in [-0.3, -0.25) is 4.84 Å². The largest absolute Gasteiger partial charge is 0.493 e. The van der Waals surface area contributed by atoms with Crippen molar-refractivity contribution >= 4 is 0 Å². The van der Waals surface area contributed by atoms with E-state index in [2.05, 4.69) is 38.4 Å². The Kier molecular flexibility index (Phi) is 5.83. The van der Waals surface area contributed by atoms with E-state index in [-0.39, 0.29) is 11.6 Å². The molecule has 0 saturated carbocycles. The average Bonchev–Trinajstić information content (AvgIpc) is 2.33. The Morgan fingerprint density at radius 2 is 1.63 bits per heavy atom. The van der Waals surface area contributed by atoms with Crippen LogP contribution in [0.15, 0.2) is 24.3 Å². The molecule has 0 radical (unpaired) electrons. The highest BCUT2D eigenvalue weighted by Gasteiger charge is 2.13. The highest BCUT2D eigenvalue weighted by molar-refractivity contribution is 5.28. The maximum Gasteiger partial charge on any atom is 0.119 e. The van der Waals surface area contributed by atoms with Crippen LogP contribution in [-0.2, 0) is 4.84 Å². The molecular weight excluding hydrogens is 238 g/mol. The molecule has 0 bridgehead atoms. The first-order chi connectivity index (χ1) is 8.78. The van der Waals surface area contributed by atoms with E-state index in [1.54, 1.807) is 0 Å². The quantitative estimate of drug-likeness (QED) is 0.785. The minimum absolute atomic E-state index is 0.151. The van der Waals surface area contributed by atoms with Crippen molar-refractivity contribution in [3.05, 3.63) is 29.8 Å². The molecule has 1 aromatic carbocycles.